The van der Waals surface area contributed by atoms with E-state index in [0.717, 1.165) is 18.1 Å². The van der Waals surface area contributed by atoms with Gasteiger partial charge >= 0.3 is 11.7 Å². The van der Waals surface area contributed by atoms with Crippen LogP contribution >= 0.6 is 0 Å². The number of nitrogens with one attached hydrogen (secondary N) is 1. The number of carbonyl (C=O) groups is 2. The van der Waals surface area contributed by atoms with Crippen LogP contribution in [0, 0.1) is 10.1 Å². The fraction of sp³-hybridized carbons (Fsp3) is 0.333. The summed E-state index contributed by atoms with van der Waals surface area (Å²) in [4.78, 5) is 34.6. The van der Waals surface area contributed by atoms with Gasteiger partial charge in [-0.15, -0.1) is 0 Å². The van der Waals surface area contributed by atoms with Crippen LogP contribution in [0.25, 0.3) is 0 Å². The molecule has 0 aliphatic heterocycles. The third kappa shape index (κ3) is 5.78. The molecular formula is C21H24N2O6. The fourth-order valence-corrected chi connectivity index (χ4v) is 2.84. The lowest BCUT2D eigenvalue weighted by molar-refractivity contribution is -0.386. The van der Waals surface area contributed by atoms with E-state index in [2.05, 4.69) is 10.1 Å². The molecule has 0 aliphatic carbocycles. The Morgan fingerprint density at radius 1 is 1.17 bits per heavy atom. The van der Waals surface area contributed by atoms with Crippen LogP contribution in [0.5, 0.6) is 5.75 Å². The average Bonchev–Trinajstić information content (AvgIpc) is 2.74. The van der Waals surface area contributed by atoms with E-state index >= 15 is 0 Å². The Labute approximate surface area is 169 Å². The monoisotopic (exact) mass is 400 g/mol. The van der Waals surface area contributed by atoms with Crippen LogP contribution in [0.1, 0.15) is 42.1 Å². The quantitative estimate of drug-likeness (QED) is 0.392. The molecule has 2 atom stereocenters. The lowest BCUT2D eigenvalue weighted by Gasteiger charge is -2.19. The van der Waals surface area contributed by atoms with E-state index in [9.17, 15) is 19.7 Å². The van der Waals surface area contributed by atoms with Gasteiger partial charge in [0.1, 0.15) is 0 Å². The van der Waals surface area contributed by atoms with Gasteiger partial charge in [0, 0.05) is 18.5 Å². The molecule has 0 aliphatic rings. The van der Waals surface area contributed by atoms with Crippen LogP contribution in [-0.2, 0) is 9.53 Å². The molecule has 0 aromatic heterocycles. The molecule has 0 saturated heterocycles. The number of rotatable bonds is 9. The normalized spacial score (nSPS) is 12.5. The summed E-state index contributed by atoms with van der Waals surface area (Å²) in [5.74, 6) is -1.02. The molecule has 29 heavy (non-hydrogen) atoms. The second-order valence-electron chi connectivity index (χ2n) is 6.45. The molecule has 0 spiro atoms. The Morgan fingerprint density at radius 3 is 2.45 bits per heavy atom. The van der Waals surface area contributed by atoms with Crippen LogP contribution < -0.4 is 10.1 Å². The molecule has 0 unspecified atom stereocenters. The van der Waals surface area contributed by atoms with E-state index in [1.54, 1.807) is 0 Å². The summed E-state index contributed by atoms with van der Waals surface area (Å²) in [6, 6.07) is 13.5. The number of nitro benzene ring substituents is 1. The zero-order valence-electron chi connectivity index (χ0n) is 16.6. The van der Waals surface area contributed by atoms with Crippen LogP contribution in [0.3, 0.4) is 0 Å². The van der Waals surface area contributed by atoms with Crippen molar-refractivity contribution in [1.29, 1.82) is 0 Å². The summed E-state index contributed by atoms with van der Waals surface area (Å²) >= 11 is 0. The van der Waals surface area contributed by atoms with Gasteiger partial charge in [0.25, 0.3) is 5.91 Å². The van der Waals surface area contributed by atoms with E-state index in [4.69, 9.17) is 4.74 Å². The molecule has 154 valence electrons. The predicted octanol–water partition coefficient (Wildman–Crippen LogP) is 3.46. The van der Waals surface area contributed by atoms with Crippen LogP contribution in [0.2, 0.25) is 0 Å². The molecule has 0 bridgehead atoms. The van der Waals surface area contributed by atoms with Crippen molar-refractivity contribution in [2.45, 2.75) is 32.3 Å². The standard InChI is InChI=1S/C21H24N2O6/c1-4-15(16-8-6-5-7-9-16)13-22-20(24)14(2)29-19-11-10-17(21(25)28-3)12-18(19)23(26)27/h5-12,14-15H,4,13H2,1-3H3,(H,22,24)/t14-,15-/m1/s1. The van der Waals surface area contributed by atoms with E-state index in [1.165, 1.54) is 26.2 Å². The van der Waals surface area contributed by atoms with Gasteiger partial charge in [-0.05, 0) is 31.0 Å². The van der Waals surface area contributed by atoms with Gasteiger partial charge in [0.2, 0.25) is 0 Å². The number of hydrogen-bond donors (Lipinski definition) is 1. The first-order valence-corrected chi connectivity index (χ1v) is 9.23. The second-order valence-corrected chi connectivity index (χ2v) is 6.45. The molecule has 8 heteroatoms. The van der Waals surface area contributed by atoms with Crippen molar-refractivity contribution in [2.75, 3.05) is 13.7 Å². The largest absolute Gasteiger partial charge is 0.474 e. The number of nitrogens with zero attached hydrogens (tertiary/aromatic N) is 1. The van der Waals surface area contributed by atoms with Crippen molar-refractivity contribution in [2.24, 2.45) is 0 Å². The third-order valence-corrected chi connectivity index (χ3v) is 4.54. The minimum atomic E-state index is -0.953. The molecule has 1 amide bonds. The van der Waals surface area contributed by atoms with Crippen LogP contribution in [0.15, 0.2) is 48.5 Å². The van der Waals surface area contributed by atoms with Crippen molar-refractivity contribution in [1.82, 2.24) is 5.32 Å². The number of methoxy groups -OCH3 is 1. The lowest BCUT2D eigenvalue weighted by atomic mass is 9.96. The van der Waals surface area contributed by atoms with Gasteiger partial charge < -0.3 is 14.8 Å². The molecule has 2 aromatic rings. The van der Waals surface area contributed by atoms with E-state index in [1.807, 2.05) is 37.3 Å². The van der Waals surface area contributed by atoms with E-state index in [0.29, 0.717) is 6.54 Å². The number of ether oxygens (including phenoxy) is 2. The number of nitro groups is 1. The number of amides is 1. The predicted molar refractivity (Wildman–Crippen MR) is 107 cm³/mol. The summed E-state index contributed by atoms with van der Waals surface area (Å²) in [5.41, 5.74) is 0.735. The number of esters is 1. The zero-order chi connectivity index (χ0) is 21.4. The SMILES string of the molecule is CC[C@H](CNC(=O)[C@@H](C)Oc1ccc(C(=O)OC)cc1[N+](=O)[O-])c1ccccc1. The zero-order valence-corrected chi connectivity index (χ0v) is 16.6. The minimum Gasteiger partial charge on any atom is -0.474 e. The van der Waals surface area contributed by atoms with Crippen molar-refractivity contribution in [3.05, 3.63) is 69.8 Å². The van der Waals surface area contributed by atoms with Gasteiger partial charge in [-0.3, -0.25) is 14.9 Å². The Bertz CT molecular complexity index is 869. The summed E-state index contributed by atoms with van der Waals surface area (Å²) in [6.07, 6.45) is -0.106. The number of hydrogen-bond acceptors (Lipinski definition) is 6. The second kappa shape index (κ2) is 10.2. The molecule has 2 rings (SSSR count). The molecule has 1 N–H and O–H groups in total. The first kappa shape index (κ1) is 21.9. The van der Waals surface area contributed by atoms with Gasteiger partial charge in [-0.1, -0.05) is 37.3 Å². The molecule has 0 radical (unpaired) electrons. The molecule has 0 saturated carbocycles. The Balaban J connectivity index is 2.05. The summed E-state index contributed by atoms with van der Waals surface area (Å²) < 4.78 is 10.1. The summed E-state index contributed by atoms with van der Waals surface area (Å²) in [7, 11) is 1.18. The first-order chi connectivity index (χ1) is 13.9. The van der Waals surface area contributed by atoms with E-state index < -0.39 is 22.7 Å². The Hall–Kier alpha value is -3.42. The van der Waals surface area contributed by atoms with Crippen LogP contribution in [0.4, 0.5) is 5.69 Å². The van der Waals surface area contributed by atoms with Gasteiger partial charge in [-0.25, -0.2) is 4.79 Å². The van der Waals surface area contributed by atoms with Crippen molar-refractivity contribution >= 4 is 17.6 Å². The molecule has 2 aromatic carbocycles. The minimum absolute atomic E-state index is 0.0253. The van der Waals surface area contributed by atoms with Gasteiger partial charge in [0.05, 0.1) is 17.6 Å². The Kier molecular flexibility index (Phi) is 7.70. The lowest BCUT2D eigenvalue weighted by Crippen LogP contribution is -2.38. The van der Waals surface area contributed by atoms with Gasteiger partial charge in [0.15, 0.2) is 11.9 Å². The Morgan fingerprint density at radius 2 is 1.86 bits per heavy atom. The summed E-state index contributed by atoms with van der Waals surface area (Å²) in [6.45, 7) is 3.98. The highest BCUT2D eigenvalue weighted by molar-refractivity contribution is 5.90. The topological polar surface area (TPSA) is 108 Å². The van der Waals surface area contributed by atoms with Crippen LogP contribution in [-0.4, -0.2) is 36.6 Å². The van der Waals surface area contributed by atoms with Crippen molar-refractivity contribution in [3.8, 4) is 5.75 Å². The highest BCUT2D eigenvalue weighted by Gasteiger charge is 2.23. The molecule has 0 fully saturated rings. The highest BCUT2D eigenvalue weighted by Crippen LogP contribution is 2.29. The van der Waals surface area contributed by atoms with E-state index in [-0.39, 0.29) is 23.1 Å². The molecule has 8 nitrogen and oxygen atoms in total. The number of benzene rings is 2. The highest BCUT2D eigenvalue weighted by atomic mass is 16.6. The first-order valence-electron chi connectivity index (χ1n) is 9.23. The maximum atomic E-state index is 12.4. The average molecular weight is 400 g/mol. The smallest absolute Gasteiger partial charge is 0.338 e. The van der Waals surface area contributed by atoms with Crippen molar-refractivity contribution in [3.63, 3.8) is 0 Å². The molecular weight excluding hydrogens is 376 g/mol. The van der Waals surface area contributed by atoms with Crippen molar-refractivity contribution < 1.29 is 24.0 Å². The third-order valence-electron chi connectivity index (χ3n) is 4.54. The molecule has 0 heterocycles. The summed E-state index contributed by atoms with van der Waals surface area (Å²) in [5, 5.41) is 14.2. The maximum Gasteiger partial charge on any atom is 0.338 e. The van der Waals surface area contributed by atoms with Gasteiger partial charge in [-0.2, -0.15) is 0 Å². The maximum absolute atomic E-state index is 12.4. The fourth-order valence-electron chi connectivity index (χ4n) is 2.84. The number of carbonyl (C=O) groups excluding carboxylic acids is 2.